The van der Waals surface area contributed by atoms with Crippen LogP contribution in [0.2, 0.25) is 0 Å². The van der Waals surface area contributed by atoms with Crippen molar-refractivity contribution >= 4 is 21.6 Å². The van der Waals surface area contributed by atoms with Crippen molar-refractivity contribution in [1.82, 2.24) is 0 Å². The number of hydrogen-bond donors (Lipinski definition) is 1. The number of benzene rings is 2. The largest absolute Gasteiger partial charge is 0.497 e. The molecule has 0 bridgehead atoms. The highest BCUT2D eigenvalue weighted by atomic mass is 79.9. The number of halogens is 1. The molecular formula is C27H34BrNO. The van der Waals surface area contributed by atoms with E-state index in [-0.39, 0.29) is 0 Å². The van der Waals surface area contributed by atoms with E-state index in [0.29, 0.717) is 16.3 Å². The second kappa shape index (κ2) is 7.89. The number of nitrogens with one attached hydrogen (secondary N) is 1. The summed E-state index contributed by atoms with van der Waals surface area (Å²) in [6, 6.07) is 16.2. The van der Waals surface area contributed by atoms with Gasteiger partial charge in [-0.2, -0.15) is 0 Å². The highest BCUT2D eigenvalue weighted by Gasteiger charge is 2.54. The fraction of sp³-hybridized carbons (Fsp3) is 0.556. The zero-order chi connectivity index (χ0) is 20.9. The van der Waals surface area contributed by atoms with Crippen LogP contribution in [0.4, 0.5) is 5.69 Å². The molecule has 3 heteroatoms. The Hall–Kier alpha value is -1.48. The first-order valence-corrected chi connectivity index (χ1v) is 12.5. The second-order valence-corrected chi connectivity index (χ2v) is 11.5. The molecule has 5 rings (SSSR count). The Morgan fingerprint density at radius 3 is 2.77 bits per heavy atom. The topological polar surface area (TPSA) is 21.3 Å². The summed E-state index contributed by atoms with van der Waals surface area (Å²) in [7, 11) is 1.78. The predicted molar refractivity (Wildman–Crippen MR) is 129 cm³/mol. The zero-order valence-electron chi connectivity index (χ0n) is 18.5. The molecule has 0 saturated heterocycles. The molecule has 0 spiro atoms. The van der Waals surface area contributed by atoms with Crippen LogP contribution in [-0.2, 0) is 6.42 Å². The molecule has 2 aromatic carbocycles. The summed E-state index contributed by atoms with van der Waals surface area (Å²) in [4.78, 5) is 0.605. The Bertz CT molecular complexity index is 927. The van der Waals surface area contributed by atoms with E-state index in [9.17, 15) is 0 Å². The molecule has 0 heterocycles. The van der Waals surface area contributed by atoms with Gasteiger partial charge in [-0.05, 0) is 110 Å². The lowest BCUT2D eigenvalue weighted by Crippen LogP contribution is -2.55. The standard InChI is InChI=1S/C27H34BrNO/c1-17-5-4-6-20(13-17)29-26-16-19(28)15-25-24-9-7-18-14-21(30-3)8-10-22(18)23(24)11-12-27(25,26)2/h4-6,8,10,13-14,19,23-26,29H,7,9,11-12,15-16H2,1-3H3/t19-,23+,24+,25-,26-,27-/m0/s1. The van der Waals surface area contributed by atoms with Gasteiger partial charge in [0.2, 0.25) is 0 Å². The van der Waals surface area contributed by atoms with Gasteiger partial charge in [-0.25, -0.2) is 0 Å². The van der Waals surface area contributed by atoms with Gasteiger partial charge in [0.15, 0.2) is 0 Å². The van der Waals surface area contributed by atoms with Gasteiger partial charge < -0.3 is 10.1 Å². The van der Waals surface area contributed by atoms with Crippen LogP contribution in [0, 0.1) is 24.2 Å². The number of alkyl halides is 1. The van der Waals surface area contributed by atoms with Gasteiger partial charge in [-0.15, -0.1) is 0 Å². The van der Waals surface area contributed by atoms with E-state index in [2.05, 4.69) is 77.6 Å². The number of anilines is 1. The maximum Gasteiger partial charge on any atom is 0.119 e. The molecule has 2 fully saturated rings. The van der Waals surface area contributed by atoms with Gasteiger partial charge in [0, 0.05) is 16.6 Å². The van der Waals surface area contributed by atoms with Crippen LogP contribution >= 0.6 is 15.9 Å². The summed E-state index contributed by atoms with van der Waals surface area (Å²) in [5.41, 5.74) is 6.11. The highest BCUT2D eigenvalue weighted by molar-refractivity contribution is 9.09. The minimum absolute atomic E-state index is 0.360. The van der Waals surface area contributed by atoms with Gasteiger partial charge in [0.05, 0.1) is 7.11 Å². The van der Waals surface area contributed by atoms with E-state index in [0.717, 1.165) is 23.5 Å². The average Bonchev–Trinajstić information content (AvgIpc) is 2.74. The molecule has 1 N–H and O–H groups in total. The first-order valence-electron chi connectivity index (χ1n) is 11.6. The first-order chi connectivity index (χ1) is 14.5. The fourth-order valence-corrected chi connectivity index (χ4v) is 7.74. The van der Waals surface area contributed by atoms with Crippen molar-refractivity contribution in [2.24, 2.45) is 17.3 Å². The Labute approximate surface area is 189 Å². The number of methoxy groups -OCH3 is 1. The maximum absolute atomic E-state index is 5.50. The van der Waals surface area contributed by atoms with Gasteiger partial charge in [-0.3, -0.25) is 0 Å². The van der Waals surface area contributed by atoms with E-state index < -0.39 is 0 Å². The predicted octanol–water partition coefficient (Wildman–Crippen LogP) is 7.10. The lowest BCUT2D eigenvalue weighted by atomic mass is 9.49. The van der Waals surface area contributed by atoms with Crippen molar-refractivity contribution in [3.63, 3.8) is 0 Å². The van der Waals surface area contributed by atoms with E-state index in [1.54, 1.807) is 12.7 Å². The van der Waals surface area contributed by atoms with Crippen molar-refractivity contribution in [3.8, 4) is 5.75 Å². The zero-order valence-corrected chi connectivity index (χ0v) is 20.0. The van der Waals surface area contributed by atoms with Crippen LogP contribution in [0.15, 0.2) is 42.5 Å². The van der Waals surface area contributed by atoms with E-state index >= 15 is 0 Å². The molecule has 2 saturated carbocycles. The Balaban J connectivity index is 1.44. The van der Waals surface area contributed by atoms with Crippen LogP contribution in [0.25, 0.3) is 0 Å². The number of fused-ring (bicyclic) bond motifs is 5. The number of aryl methyl sites for hydroxylation is 2. The Morgan fingerprint density at radius 2 is 1.97 bits per heavy atom. The molecule has 0 amide bonds. The molecule has 30 heavy (non-hydrogen) atoms. The average molecular weight is 468 g/mol. The molecule has 0 aromatic heterocycles. The van der Waals surface area contributed by atoms with Gasteiger partial charge in [0.1, 0.15) is 5.75 Å². The van der Waals surface area contributed by atoms with Crippen molar-refractivity contribution in [2.45, 2.75) is 69.2 Å². The molecule has 160 valence electrons. The molecule has 3 aliphatic carbocycles. The number of ether oxygens (including phenoxy) is 1. The molecule has 2 aromatic rings. The summed E-state index contributed by atoms with van der Waals surface area (Å²) in [6.07, 6.45) is 7.68. The van der Waals surface area contributed by atoms with E-state index in [4.69, 9.17) is 4.74 Å². The van der Waals surface area contributed by atoms with Gasteiger partial charge in [0.25, 0.3) is 0 Å². The van der Waals surface area contributed by atoms with Crippen LogP contribution in [0.1, 0.15) is 61.6 Å². The van der Waals surface area contributed by atoms with Crippen molar-refractivity contribution in [3.05, 3.63) is 59.2 Å². The smallest absolute Gasteiger partial charge is 0.119 e. The first kappa shape index (κ1) is 20.4. The molecular weight excluding hydrogens is 434 g/mol. The molecule has 3 aliphatic rings. The fourth-order valence-electron chi connectivity index (χ4n) is 6.97. The van der Waals surface area contributed by atoms with Crippen molar-refractivity contribution < 1.29 is 4.74 Å². The number of rotatable bonds is 3. The summed E-state index contributed by atoms with van der Waals surface area (Å²) in [6.45, 7) is 4.77. The molecule has 0 unspecified atom stereocenters. The van der Waals surface area contributed by atoms with Crippen LogP contribution in [0.5, 0.6) is 5.75 Å². The van der Waals surface area contributed by atoms with Gasteiger partial charge >= 0.3 is 0 Å². The van der Waals surface area contributed by atoms with Crippen LogP contribution < -0.4 is 10.1 Å². The molecule has 2 nitrogen and oxygen atoms in total. The lowest BCUT2D eigenvalue weighted by molar-refractivity contribution is -0.0109. The molecule has 0 aliphatic heterocycles. The summed E-state index contributed by atoms with van der Waals surface area (Å²) in [5, 5.41) is 3.98. The third-order valence-electron chi connectivity index (χ3n) is 8.53. The SMILES string of the molecule is COc1ccc2c(c1)CC[C@@H]1[C@@H]2CC[C@]2(C)[C@@H](Nc3cccc(C)c3)C[C@@H](Br)C[C@@H]12. The normalized spacial score (nSPS) is 35.0. The third-order valence-corrected chi connectivity index (χ3v) is 9.28. The summed E-state index contributed by atoms with van der Waals surface area (Å²) >= 11 is 4.05. The third kappa shape index (κ3) is 3.47. The van der Waals surface area contributed by atoms with Crippen molar-refractivity contribution in [2.75, 3.05) is 12.4 Å². The Morgan fingerprint density at radius 1 is 1.10 bits per heavy atom. The molecule has 0 radical (unpaired) electrons. The lowest BCUT2D eigenvalue weighted by Gasteiger charge is -2.58. The second-order valence-electron chi connectivity index (χ2n) is 10.2. The Kier molecular flexibility index (Phi) is 5.37. The minimum atomic E-state index is 0.360. The van der Waals surface area contributed by atoms with Crippen molar-refractivity contribution in [1.29, 1.82) is 0 Å². The molecule has 6 atom stereocenters. The van der Waals surface area contributed by atoms with Crippen LogP contribution in [0.3, 0.4) is 0 Å². The quantitative estimate of drug-likeness (QED) is 0.485. The van der Waals surface area contributed by atoms with E-state index in [1.807, 2.05) is 0 Å². The number of hydrogen-bond acceptors (Lipinski definition) is 2. The summed E-state index contributed by atoms with van der Waals surface area (Å²) in [5.74, 6) is 3.29. The monoisotopic (exact) mass is 467 g/mol. The van der Waals surface area contributed by atoms with E-state index in [1.165, 1.54) is 55.3 Å². The van der Waals surface area contributed by atoms with Gasteiger partial charge in [-0.1, -0.05) is 41.1 Å². The van der Waals surface area contributed by atoms with Crippen LogP contribution in [-0.4, -0.2) is 18.0 Å². The maximum atomic E-state index is 5.50. The summed E-state index contributed by atoms with van der Waals surface area (Å²) < 4.78 is 5.50. The highest BCUT2D eigenvalue weighted by Crippen LogP contribution is 2.60. The minimum Gasteiger partial charge on any atom is -0.497 e.